The van der Waals surface area contributed by atoms with E-state index in [1.54, 1.807) is 20.8 Å². The van der Waals surface area contributed by atoms with E-state index in [4.69, 9.17) is 0 Å². The van der Waals surface area contributed by atoms with Crippen LogP contribution in [0.4, 0.5) is 0 Å². The second-order valence-electron chi connectivity index (χ2n) is 8.45. The Hall–Kier alpha value is -2.17. The van der Waals surface area contributed by atoms with Gasteiger partial charge < -0.3 is 10.2 Å². The molecular weight excluding hydrogens is 320 g/mol. The summed E-state index contributed by atoms with van der Waals surface area (Å²) in [5, 5.41) is 21.1. The molecule has 25 heavy (non-hydrogen) atoms. The predicted molar refractivity (Wildman–Crippen MR) is 91.9 cm³/mol. The SMILES string of the molecule is CC(C)C1=C(O)C(=O)C2=C(C(=O)C(O)=C3C(C)(C)CCC[C@]23C)C1=O. The number of fused-ring (bicyclic) bond motifs is 2. The van der Waals surface area contributed by atoms with Crippen molar-refractivity contribution in [1.82, 2.24) is 0 Å². The third-order valence-corrected chi connectivity index (χ3v) is 5.93. The Kier molecular flexibility index (Phi) is 3.64. The summed E-state index contributed by atoms with van der Waals surface area (Å²) in [6.07, 6.45) is 2.12. The molecule has 0 bridgehead atoms. The number of carbonyl (C=O) groups is 3. The topological polar surface area (TPSA) is 91.7 Å². The van der Waals surface area contributed by atoms with Crippen molar-refractivity contribution < 1.29 is 24.6 Å². The minimum absolute atomic E-state index is 0.0491. The second kappa shape index (κ2) is 5.16. The lowest BCUT2D eigenvalue weighted by atomic mass is 9.52. The Bertz CT molecular complexity index is 819. The molecule has 0 aromatic rings. The molecule has 0 spiro atoms. The normalized spacial score (nSPS) is 29.4. The fourth-order valence-corrected chi connectivity index (χ4v) is 4.93. The highest BCUT2D eigenvalue weighted by Crippen LogP contribution is 2.59. The van der Waals surface area contributed by atoms with Gasteiger partial charge in [-0.2, -0.15) is 0 Å². The third kappa shape index (κ3) is 2.11. The number of hydrogen-bond donors (Lipinski definition) is 2. The van der Waals surface area contributed by atoms with Crippen LogP contribution in [0.2, 0.25) is 0 Å². The molecular formula is C20H24O5. The minimum Gasteiger partial charge on any atom is -0.504 e. The number of rotatable bonds is 1. The quantitative estimate of drug-likeness (QED) is 0.561. The lowest BCUT2D eigenvalue weighted by molar-refractivity contribution is -0.124. The first-order valence-electron chi connectivity index (χ1n) is 8.71. The average molecular weight is 344 g/mol. The van der Waals surface area contributed by atoms with Crippen molar-refractivity contribution in [3.05, 3.63) is 33.8 Å². The first-order valence-corrected chi connectivity index (χ1v) is 8.71. The fraction of sp³-hybridized carbons (Fsp3) is 0.550. The molecule has 2 N–H and O–H groups in total. The van der Waals surface area contributed by atoms with Gasteiger partial charge in [0.1, 0.15) is 0 Å². The van der Waals surface area contributed by atoms with E-state index in [-0.39, 0.29) is 16.7 Å². The highest BCUT2D eigenvalue weighted by atomic mass is 16.3. The van der Waals surface area contributed by atoms with Gasteiger partial charge in [-0.1, -0.05) is 41.0 Å². The number of aliphatic hydroxyl groups excluding tert-OH is 2. The zero-order chi connectivity index (χ0) is 18.9. The van der Waals surface area contributed by atoms with Crippen LogP contribution in [0.25, 0.3) is 0 Å². The number of hydrogen-bond acceptors (Lipinski definition) is 5. The summed E-state index contributed by atoms with van der Waals surface area (Å²) in [6, 6.07) is 0. The average Bonchev–Trinajstić information content (AvgIpc) is 2.47. The van der Waals surface area contributed by atoms with Gasteiger partial charge in [0.05, 0.1) is 5.57 Å². The molecule has 3 rings (SSSR count). The molecule has 0 aliphatic heterocycles. The van der Waals surface area contributed by atoms with Crippen LogP contribution in [0.5, 0.6) is 0 Å². The predicted octanol–water partition coefficient (Wildman–Crippen LogP) is 3.51. The maximum Gasteiger partial charge on any atom is 0.231 e. The molecule has 3 aliphatic carbocycles. The maximum absolute atomic E-state index is 13.0. The van der Waals surface area contributed by atoms with Crippen molar-refractivity contribution in [2.45, 2.75) is 53.9 Å². The lowest BCUT2D eigenvalue weighted by Crippen LogP contribution is -2.47. The number of allylic oxidation sites excluding steroid dienone is 4. The first-order chi connectivity index (χ1) is 11.4. The first kappa shape index (κ1) is 17.6. The van der Waals surface area contributed by atoms with E-state index in [9.17, 15) is 24.6 Å². The Morgan fingerprint density at radius 2 is 1.48 bits per heavy atom. The second-order valence-corrected chi connectivity index (χ2v) is 8.45. The summed E-state index contributed by atoms with van der Waals surface area (Å²) in [4.78, 5) is 38.7. The zero-order valence-electron chi connectivity index (χ0n) is 15.3. The zero-order valence-corrected chi connectivity index (χ0v) is 15.3. The Balaban J connectivity index is 2.32. The molecule has 3 aliphatic rings. The van der Waals surface area contributed by atoms with Crippen molar-refractivity contribution in [2.75, 3.05) is 0 Å². The van der Waals surface area contributed by atoms with Crippen molar-refractivity contribution in [3.8, 4) is 0 Å². The molecule has 0 heterocycles. The number of Topliss-reactive ketones (excluding diaryl/α,β-unsaturated/α-hetero) is 3. The van der Waals surface area contributed by atoms with Crippen LogP contribution in [-0.4, -0.2) is 27.6 Å². The maximum atomic E-state index is 13.0. The number of aliphatic hydroxyl groups is 2. The van der Waals surface area contributed by atoms with Gasteiger partial charge in [0, 0.05) is 16.6 Å². The van der Waals surface area contributed by atoms with Gasteiger partial charge in [-0.15, -0.1) is 0 Å². The molecule has 0 aromatic carbocycles. The van der Waals surface area contributed by atoms with Crippen LogP contribution in [0, 0.1) is 16.7 Å². The van der Waals surface area contributed by atoms with Crippen LogP contribution in [0.15, 0.2) is 33.8 Å². The Morgan fingerprint density at radius 3 is 2.04 bits per heavy atom. The van der Waals surface area contributed by atoms with Crippen molar-refractivity contribution >= 4 is 17.3 Å². The van der Waals surface area contributed by atoms with Gasteiger partial charge in [0.25, 0.3) is 0 Å². The highest BCUT2D eigenvalue weighted by molar-refractivity contribution is 6.39. The van der Waals surface area contributed by atoms with E-state index < -0.39 is 45.6 Å². The largest absolute Gasteiger partial charge is 0.504 e. The van der Waals surface area contributed by atoms with E-state index in [1.807, 2.05) is 13.8 Å². The van der Waals surface area contributed by atoms with Gasteiger partial charge in [-0.25, -0.2) is 0 Å². The van der Waals surface area contributed by atoms with E-state index in [0.717, 1.165) is 12.8 Å². The van der Waals surface area contributed by atoms with Crippen LogP contribution >= 0.6 is 0 Å². The van der Waals surface area contributed by atoms with Crippen molar-refractivity contribution in [3.63, 3.8) is 0 Å². The summed E-state index contributed by atoms with van der Waals surface area (Å²) in [6.45, 7) is 9.02. The third-order valence-electron chi connectivity index (χ3n) is 5.93. The Labute approximate surface area is 147 Å². The summed E-state index contributed by atoms with van der Waals surface area (Å²) < 4.78 is 0. The molecule has 0 saturated heterocycles. The monoisotopic (exact) mass is 344 g/mol. The van der Waals surface area contributed by atoms with Crippen molar-refractivity contribution in [2.24, 2.45) is 16.7 Å². The van der Waals surface area contributed by atoms with Crippen LogP contribution in [0.3, 0.4) is 0 Å². The number of carbonyl (C=O) groups excluding carboxylic acids is 3. The van der Waals surface area contributed by atoms with Gasteiger partial charge in [-0.3, -0.25) is 14.4 Å². The molecule has 0 amide bonds. The summed E-state index contributed by atoms with van der Waals surface area (Å²) >= 11 is 0. The van der Waals surface area contributed by atoms with Gasteiger partial charge >= 0.3 is 0 Å². The molecule has 1 fully saturated rings. The molecule has 0 radical (unpaired) electrons. The molecule has 1 saturated carbocycles. The number of ketones is 3. The molecule has 0 aromatic heterocycles. The fourth-order valence-electron chi connectivity index (χ4n) is 4.93. The molecule has 5 heteroatoms. The standard InChI is InChI=1S/C20H24O5/c1-9(2)10-13(21)11-12(16(24)14(10)22)20(5)8-6-7-19(3,4)18(20)17(25)15(11)23/h9,22,25H,6-8H2,1-5H3/t20-/m1/s1. The van der Waals surface area contributed by atoms with Crippen LogP contribution in [0.1, 0.15) is 53.9 Å². The molecule has 1 atom stereocenters. The lowest BCUT2D eigenvalue weighted by Gasteiger charge is -2.49. The van der Waals surface area contributed by atoms with E-state index >= 15 is 0 Å². The minimum atomic E-state index is -0.918. The molecule has 0 unspecified atom stereocenters. The summed E-state index contributed by atoms with van der Waals surface area (Å²) in [5.41, 5.74) is -1.12. The van der Waals surface area contributed by atoms with Crippen LogP contribution < -0.4 is 0 Å². The molecule has 134 valence electrons. The summed E-state index contributed by atoms with van der Waals surface area (Å²) in [5.74, 6) is -3.45. The van der Waals surface area contributed by atoms with E-state index in [1.165, 1.54) is 0 Å². The molecule has 5 nitrogen and oxygen atoms in total. The van der Waals surface area contributed by atoms with Gasteiger partial charge in [0.2, 0.25) is 11.6 Å². The van der Waals surface area contributed by atoms with Crippen LogP contribution in [-0.2, 0) is 14.4 Å². The highest BCUT2D eigenvalue weighted by Gasteiger charge is 2.56. The smallest absolute Gasteiger partial charge is 0.231 e. The van der Waals surface area contributed by atoms with E-state index in [0.29, 0.717) is 12.0 Å². The van der Waals surface area contributed by atoms with Crippen molar-refractivity contribution in [1.29, 1.82) is 0 Å². The van der Waals surface area contributed by atoms with E-state index in [2.05, 4.69) is 0 Å². The summed E-state index contributed by atoms with van der Waals surface area (Å²) in [7, 11) is 0. The van der Waals surface area contributed by atoms with Gasteiger partial charge in [-0.05, 0) is 29.7 Å². The Morgan fingerprint density at radius 1 is 0.880 bits per heavy atom. The van der Waals surface area contributed by atoms with Gasteiger partial charge in [0.15, 0.2) is 17.3 Å².